The molecule has 6 nitrogen and oxygen atoms in total. The number of nitrogens with zero attached hydrogens (tertiary/aromatic N) is 2. The van der Waals surface area contributed by atoms with Crippen molar-refractivity contribution in [3.05, 3.63) is 99.4 Å². The fourth-order valence-corrected chi connectivity index (χ4v) is 4.20. The third-order valence-electron chi connectivity index (χ3n) is 4.87. The van der Waals surface area contributed by atoms with E-state index in [1.165, 1.54) is 17.8 Å². The second-order valence-electron chi connectivity index (χ2n) is 7.18. The van der Waals surface area contributed by atoms with Gasteiger partial charge in [-0.25, -0.2) is 4.79 Å². The summed E-state index contributed by atoms with van der Waals surface area (Å²) in [5, 5.41) is 10.5. The lowest BCUT2D eigenvalue weighted by Crippen LogP contribution is -2.24. The van der Waals surface area contributed by atoms with Gasteiger partial charge in [-0.2, -0.15) is 4.99 Å². The van der Waals surface area contributed by atoms with Gasteiger partial charge in [0.05, 0.1) is 16.2 Å². The normalized spacial score (nSPS) is 14.3. The molecule has 1 aliphatic heterocycles. The zero-order chi connectivity index (χ0) is 23.4. The first kappa shape index (κ1) is 22.6. The number of amides is 1. The van der Waals surface area contributed by atoms with Crippen LogP contribution >= 0.6 is 23.4 Å². The topological polar surface area (TPSA) is 79.2 Å². The number of hydrogen-bond donors (Lipinski definition) is 1. The lowest BCUT2D eigenvalue weighted by molar-refractivity contribution is -0.113. The van der Waals surface area contributed by atoms with Crippen LogP contribution in [0.2, 0.25) is 5.02 Å². The van der Waals surface area contributed by atoms with Gasteiger partial charge in [-0.05, 0) is 65.4 Å². The van der Waals surface area contributed by atoms with E-state index < -0.39 is 5.97 Å². The number of rotatable bonds is 6. The highest BCUT2D eigenvalue weighted by Crippen LogP contribution is 2.33. The van der Waals surface area contributed by atoms with Crippen molar-refractivity contribution >= 4 is 52.2 Å². The molecule has 0 bridgehead atoms. The van der Waals surface area contributed by atoms with Crippen LogP contribution in [0.4, 0.5) is 5.69 Å². The number of aromatic carboxylic acids is 1. The summed E-state index contributed by atoms with van der Waals surface area (Å²) in [6, 6.07) is 21.4. The van der Waals surface area contributed by atoms with Gasteiger partial charge in [-0.3, -0.25) is 4.79 Å². The smallest absolute Gasteiger partial charge is 0.337 e. The van der Waals surface area contributed by atoms with Crippen molar-refractivity contribution in [1.82, 2.24) is 0 Å². The van der Waals surface area contributed by atoms with Crippen molar-refractivity contribution < 1.29 is 19.4 Å². The molecule has 0 fully saturated rings. The number of carboxylic acid groups (broad SMARTS) is 1. The van der Waals surface area contributed by atoms with E-state index in [0.717, 1.165) is 11.1 Å². The number of anilines is 1. The average molecular weight is 479 g/mol. The SMILES string of the molecule is CN(C1=NC(=O)/C(=C/c2cccc(OCc3ccc(Cl)cc3)c2)S1)c1ccccc1C(=O)O. The largest absolute Gasteiger partial charge is 0.489 e. The molecule has 0 radical (unpaired) electrons. The molecule has 1 aliphatic rings. The van der Waals surface area contributed by atoms with Gasteiger partial charge >= 0.3 is 5.97 Å². The maximum atomic E-state index is 12.5. The monoisotopic (exact) mass is 478 g/mol. The van der Waals surface area contributed by atoms with Gasteiger partial charge in [0, 0.05) is 12.1 Å². The number of hydrogen-bond acceptors (Lipinski definition) is 5. The molecule has 4 rings (SSSR count). The van der Waals surface area contributed by atoms with E-state index in [2.05, 4.69) is 4.99 Å². The molecular formula is C25H19ClN2O4S. The van der Waals surface area contributed by atoms with E-state index in [1.54, 1.807) is 36.2 Å². The minimum absolute atomic E-state index is 0.138. The average Bonchev–Trinajstić information content (AvgIpc) is 3.18. The maximum Gasteiger partial charge on any atom is 0.337 e. The van der Waals surface area contributed by atoms with Crippen LogP contribution in [-0.2, 0) is 11.4 Å². The van der Waals surface area contributed by atoms with Crippen LogP contribution in [-0.4, -0.2) is 29.2 Å². The Bertz CT molecular complexity index is 1270. The maximum absolute atomic E-state index is 12.5. The van der Waals surface area contributed by atoms with Gasteiger partial charge in [0.25, 0.3) is 5.91 Å². The lowest BCUT2D eigenvalue weighted by Gasteiger charge is -2.19. The summed E-state index contributed by atoms with van der Waals surface area (Å²) in [6.07, 6.45) is 1.75. The van der Waals surface area contributed by atoms with Gasteiger partial charge in [0.2, 0.25) is 0 Å². The zero-order valence-electron chi connectivity index (χ0n) is 17.6. The van der Waals surface area contributed by atoms with Crippen molar-refractivity contribution in [2.24, 2.45) is 4.99 Å². The van der Waals surface area contributed by atoms with E-state index in [1.807, 2.05) is 48.5 Å². The van der Waals surface area contributed by atoms with E-state index in [9.17, 15) is 14.7 Å². The lowest BCUT2D eigenvalue weighted by atomic mass is 10.1. The molecule has 1 amide bonds. The number of ether oxygens (including phenoxy) is 1. The Balaban J connectivity index is 1.47. The molecule has 0 aromatic heterocycles. The number of carbonyl (C=O) groups excluding carboxylic acids is 1. The van der Waals surface area contributed by atoms with Crippen LogP contribution in [0.25, 0.3) is 6.08 Å². The molecule has 1 heterocycles. The molecule has 0 unspecified atom stereocenters. The van der Waals surface area contributed by atoms with Gasteiger partial charge in [0.1, 0.15) is 12.4 Å². The fraction of sp³-hybridized carbons (Fsp3) is 0.0800. The number of carbonyl (C=O) groups is 2. The summed E-state index contributed by atoms with van der Waals surface area (Å²) in [7, 11) is 1.69. The predicted octanol–water partition coefficient (Wildman–Crippen LogP) is 5.72. The Labute approximate surface area is 200 Å². The number of halogens is 1. The number of aliphatic imine (C=N–C) groups is 1. The first-order chi connectivity index (χ1) is 15.9. The van der Waals surface area contributed by atoms with Crippen molar-refractivity contribution in [2.75, 3.05) is 11.9 Å². The zero-order valence-corrected chi connectivity index (χ0v) is 19.1. The van der Waals surface area contributed by atoms with Crippen LogP contribution in [0.15, 0.2) is 82.7 Å². The predicted molar refractivity (Wildman–Crippen MR) is 132 cm³/mol. The van der Waals surface area contributed by atoms with E-state index in [0.29, 0.717) is 33.1 Å². The minimum Gasteiger partial charge on any atom is -0.489 e. The van der Waals surface area contributed by atoms with E-state index in [-0.39, 0.29) is 11.5 Å². The van der Waals surface area contributed by atoms with Crippen LogP contribution in [0.5, 0.6) is 5.75 Å². The number of para-hydroxylation sites is 1. The van der Waals surface area contributed by atoms with Gasteiger partial charge < -0.3 is 14.7 Å². The summed E-state index contributed by atoms with van der Waals surface area (Å²) in [6.45, 7) is 0.395. The first-order valence-corrected chi connectivity index (χ1v) is 11.2. The molecule has 0 aliphatic carbocycles. The summed E-state index contributed by atoms with van der Waals surface area (Å²) in [4.78, 5) is 30.2. The molecule has 0 spiro atoms. The second kappa shape index (κ2) is 9.94. The highest BCUT2D eigenvalue weighted by Gasteiger charge is 2.27. The van der Waals surface area contributed by atoms with E-state index >= 15 is 0 Å². The van der Waals surface area contributed by atoms with Crippen LogP contribution in [0.1, 0.15) is 21.5 Å². The Morgan fingerprint density at radius 2 is 1.88 bits per heavy atom. The quantitative estimate of drug-likeness (QED) is 0.456. The third kappa shape index (κ3) is 5.45. The van der Waals surface area contributed by atoms with Crippen molar-refractivity contribution in [3.8, 4) is 5.75 Å². The number of amidine groups is 1. The summed E-state index contributed by atoms with van der Waals surface area (Å²) in [5.74, 6) is -0.746. The molecule has 0 atom stereocenters. The third-order valence-corrected chi connectivity index (χ3v) is 6.18. The molecule has 33 heavy (non-hydrogen) atoms. The highest BCUT2D eigenvalue weighted by molar-refractivity contribution is 8.18. The van der Waals surface area contributed by atoms with Crippen LogP contribution < -0.4 is 9.64 Å². The number of carboxylic acids is 1. The van der Waals surface area contributed by atoms with Crippen molar-refractivity contribution in [2.45, 2.75) is 6.61 Å². The highest BCUT2D eigenvalue weighted by atomic mass is 35.5. The second-order valence-corrected chi connectivity index (χ2v) is 8.62. The number of thioether (sulfide) groups is 1. The Kier molecular flexibility index (Phi) is 6.82. The fourth-order valence-electron chi connectivity index (χ4n) is 3.18. The summed E-state index contributed by atoms with van der Waals surface area (Å²) in [5.41, 5.74) is 2.39. The van der Waals surface area contributed by atoms with Crippen molar-refractivity contribution in [1.29, 1.82) is 0 Å². The first-order valence-electron chi connectivity index (χ1n) is 9.96. The number of benzene rings is 3. The van der Waals surface area contributed by atoms with E-state index in [4.69, 9.17) is 16.3 Å². The Morgan fingerprint density at radius 3 is 2.64 bits per heavy atom. The molecule has 3 aromatic rings. The van der Waals surface area contributed by atoms with Crippen LogP contribution in [0, 0.1) is 0 Å². The molecule has 0 saturated carbocycles. The summed E-state index contributed by atoms with van der Waals surface area (Å²) >= 11 is 7.11. The molecule has 1 N–H and O–H groups in total. The molecule has 8 heteroatoms. The minimum atomic E-state index is -1.04. The Hall–Kier alpha value is -3.55. The van der Waals surface area contributed by atoms with Gasteiger partial charge in [-0.15, -0.1) is 0 Å². The Morgan fingerprint density at radius 1 is 1.12 bits per heavy atom. The molecular weight excluding hydrogens is 460 g/mol. The van der Waals surface area contributed by atoms with Gasteiger partial charge in [0.15, 0.2) is 5.17 Å². The standard InChI is InChI=1S/C25H19ClN2O4S/c1-28(21-8-3-2-7-20(21)24(30)31)25-27-23(29)22(33-25)14-17-5-4-6-19(13-17)32-15-16-9-11-18(26)12-10-16/h2-14H,15H2,1H3,(H,30,31)/b22-14-. The summed E-state index contributed by atoms with van der Waals surface area (Å²) < 4.78 is 5.86. The molecule has 3 aromatic carbocycles. The molecule has 166 valence electrons. The van der Waals surface area contributed by atoms with Crippen molar-refractivity contribution in [3.63, 3.8) is 0 Å². The van der Waals surface area contributed by atoms with Crippen LogP contribution in [0.3, 0.4) is 0 Å². The molecule has 0 saturated heterocycles. The van der Waals surface area contributed by atoms with Gasteiger partial charge in [-0.1, -0.05) is 48.0 Å².